The maximum atomic E-state index is 10.1. The summed E-state index contributed by atoms with van der Waals surface area (Å²) in [6.07, 6.45) is 0. The maximum absolute atomic E-state index is 10.1. The first-order chi connectivity index (χ1) is 5.70. The number of rotatable bonds is 2. The monoisotopic (exact) mass is 190 g/mol. The van der Waals surface area contributed by atoms with Crippen LogP contribution in [0.2, 0.25) is 0 Å². The van der Waals surface area contributed by atoms with Crippen LogP contribution in [0.1, 0.15) is 0 Å². The highest BCUT2D eigenvalue weighted by Gasteiger charge is 2.14. The lowest BCUT2D eigenvalue weighted by atomic mass is 10.6. The van der Waals surface area contributed by atoms with Crippen LogP contribution in [0.5, 0.6) is 0 Å². The van der Waals surface area contributed by atoms with Gasteiger partial charge in [0.2, 0.25) is 0 Å². The van der Waals surface area contributed by atoms with E-state index in [1.807, 2.05) is 0 Å². The molecule has 6 heteroatoms. The van der Waals surface area contributed by atoms with Crippen molar-refractivity contribution in [1.29, 1.82) is 0 Å². The van der Waals surface area contributed by atoms with Crippen molar-refractivity contribution >= 4 is 23.3 Å². The molecule has 0 bridgehead atoms. The maximum Gasteiger partial charge on any atom is 0.322 e. The summed E-state index contributed by atoms with van der Waals surface area (Å²) in [7, 11) is 0. The van der Waals surface area contributed by atoms with E-state index in [-0.39, 0.29) is 6.54 Å². The third-order valence-electron chi connectivity index (χ3n) is 1.43. The third kappa shape index (κ3) is 2.63. The molecule has 5 nitrogen and oxygen atoms in total. The van der Waals surface area contributed by atoms with Gasteiger partial charge in [0.15, 0.2) is 5.11 Å². The molecule has 1 aliphatic heterocycles. The minimum absolute atomic E-state index is 0.144. The number of carbonyl (C=O) groups is 1. The predicted molar refractivity (Wildman–Crippen MR) is 45.8 cm³/mol. The van der Waals surface area contributed by atoms with Crippen LogP contribution < -0.4 is 5.32 Å². The molecule has 12 heavy (non-hydrogen) atoms. The standard InChI is InChI=1S/C6H10N2O3S/c9-5(10)3-7-6(12)8-1-2-11-4-8/h1-4H2,(H,7,12)(H,9,10). The van der Waals surface area contributed by atoms with E-state index in [0.29, 0.717) is 18.5 Å². The molecule has 0 radical (unpaired) electrons. The Morgan fingerprint density at radius 1 is 1.75 bits per heavy atom. The van der Waals surface area contributed by atoms with Crippen molar-refractivity contribution in [3.8, 4) is 0 Å². The number of ether oxygens (including phenoxy) is 1. The molecule has 0 amide bonds. The topological polar surface area (TPSA) is 61.8 Å². The van der Waals surface area contributed by atoms with Gasteiger partial charge >= 0.3 is 5.97 Å². The molecule has 0 unspecified atom stereocenters. The van der Waals surface area contributed by atoms with Crippen LogP contribution in [0, 0.1) is 0 Å². The van der Waals surface area contributed by atoms with Gasteiger partial charge in [-0.2, -0.15) is 0 Å². The average molecular weight is 190 g/mol. The summed E-state index contributed by atoms with van der Waals surface area (Å²) >= 11 is 4.90. The number of hydrogen-bond donors (Lipinski definition) is 2. The Morgan fingerprint density at radius 3 is 3.00 bits per heavy atom. The van der Waals surface area contributed by atoms with Crippen LogP contribution in [-0.2, 0) is 9.53 Å². The molecule has 1 heterocycles. The molecule has 0 aromatic rings. The van der Waals surface area contributed by atoms with Crippen molar-refractivity contribution in [1.82, 2.24) is 10.2 Å². The second-order valence-corrected chi connectivity index (χ2v) is 2.74. The van der Waals surface area contributed by atoms with E-state index < -0.39 is 5.97 Å². The SMILES string of the molecule is O=C(O)CNC(=S)N1CCOC1. The number of carboxylic acid groups (broad SMARTS) is 1. The molecule has 0 aromatic carbocycles. The van der Waals surface area contributed by atoms with Gasteiger partial charge in [-0.25, -0.2) is 0 Å². The summed E-state index contributed by atoms with van der Waals surface area (Å²) < 4.78 is 5.04. The van der Waals surface area contributed by atoms with Gasteiger partial charge in [0, 0.05) is 6.54 Å². The van der Waals surface area contributed by atoms with Crippen LogP contribution in [0.15, 0.2) is 0 Å². The number of aliphatic carboxylic acids is 1. The van der Waals surface area contributed by atoms with Gasteiger partial charge < -0.3 is 20.1 Å². The first-order valence-electron chi connectivity index (χ1n) is 3.52. The molecule has 1 fully saturated rings. The predicted octanol–water partition coefficient (Wildman–Crippen LogP) is -0.765. The van der Waals surface area contributed by atoms with Gasteiger partial charge in [-0.1, -0.05) is 0 Å². The molecule has 0 spiro atoms. The zero-order valence-corrected chi connectivity index (χ0v) is 7.26. The highest BCUT2D eigenvalue weighted by Crippen LogP contribution is 1.98. The Morgan fingerprint density at radius 2 is 2.50 bits per heavy atom. The number of nitrogens with zero attached hydrogens (tertiary/aromatic N) is 1. The second-order valence-electron chi connectivity index (χ2n) is 2.35. The molecule has 2 N–H and O–H groups in total. The lowest BCUT2D eigenvalue weighted by Crippen LogP contribution is -2.40. The molecule has 0 atom stereocenters. The Labute approximate surface area is 75.3 Å². The zero-order chi connectivity index (χ0) is 8.97. The van der Waals surface area contributed by atoms with E-state index in [9.17, 15) is 4.79 Å². The van der Waals surface area contributed by atoms with Gasteiger partial charge in [-0.05, 0) is 12.2 Å². The Kier molecular flexibility index (Phi) is 3.24. The van der Waals surface area contributed by atoms with Crippen LogP contribution in [0.4, 0.5) is 0 Å². The van der Waals surface area contributed by atoms with E-state index in [1.54, 1.807) is 4.90 Å². The summed E-state index contributed by atoms with van der Waals surface area (Å²) in [5, 5.41) is 11.4. The molecular weight excluding hydrogens is 180 g/mol. The summed E-state index contributed by atoms with van der Waals surface area (Å²) in [5.41, 5.74) is 0. The van der Waals surface area contributed by atoms with Crippen molar-refractivity contribution in [3.63, 3.8) is 0 Å². The lowest BCUT2D eigenvalue weighted by molar-refractivity contribution is -0.135. The third-order valence-corrected chi connectivity index (χ3v) is 1.83. The summed E-state index contributed by atoms with van der Waals surface area (Å²) in [6.45, 7) is 1.68. The van der Waals surface area contributed by atoms with E-state index in [1.165, 1.54) is 0 Å². The van der Waals surface area contributed by atoms with Crippen molar-refractivity contribution in [3.05, 3.63) is 0 Å². The van der Waals surface area contributed by atoms with Gasteiger partial charge in [0.25, 0.3) is 0 Å². The molecule has 68 valence electrons. The van der Waals surface area contributed by atoms with Gasteiger partial charge in [-0.3, -0.25) is 4.79 Å². The fourth-order valence-corrected chi connectivity index (χ4v) is 1.05. The average Bonchev–Trinajstić information content (AvgIpc) is 2.51. The van der Waals surface area contributed by atoms with Gasteiger partial charge in [0.05, 0.1) is 6.61 Å². The molecule has 0 aliphatic carbocycles. The molecule has 1 rings (SSSR count). The molecule has 1 aliphatic rings. The highest BCUT2D eigenvalue weighted by atomic mass is 32.1. The highest BCUT2D eigenvalue weighted by molar-refractivity contribution is 7.80. The van der Waals surface area contributed by atoms with Crippen molar-refractivity contribution in [2.24, 2.45) is 0 Å². The number of thiocarbonyl (C=S) groups is 1. The number of carboxylic acids is 1. The zero-order valence-electron chi connectivity index (χ0n) is 6.45. The molecular formula is C6H10N2O3S. The minimum Gasteiger partial charge on any atom is -0.480 e. The van der Waals surface area contributed by atoms with Crippen LogP contribution in [0.25, 0.3) is 0 Å². The minimum atomic E-state index is -0.919. The smallest absolute Gasteiger partial charge is 0.322 e. The fourth-order valence-electron chi connectivity index (χ4n) is 0.837. The summed E-state index contributed by atoms with van der Waals surface area (Å²) in [6, 6.07) is 0. The van der Waals surface area contributed by atoms with Gasteiger partial charge in [-0.15, -0.1) is 0 Å². The second kappa shape index (κ2) is 4.22. The van der Waals surface area contributed by atoms with Crippen LogP contribution in [0.3, 0.4) is 0 Å². The lowest BCUT2D eigenvalue weighted by Gasteiger charge is -2.16. The van der Waals surface area contributed by atoms with E-state index >= 15 is 0 Å². The van der Waals surface area contributed by atoms with Crippen molar-refractivity contribution in [2.75, 3.05) is 26.4 Å². The first kappa shape index (κ1) is 9.21. The van der Waals surface area contributed by atoms with Crippen molar-refractivity contribution < 1.29 is 14.6 Å². The molecule has 0 saturated carbocycles. The molecule has 1 saturated heterocycles. The number of nitrogens with one attached hydrogen (secondary N) is 1. The Hall–Kier alpha value is -0.880. The first-order valence-corrected chi connectivity index (χ1v) is 3.93. The Balaban J connectivity index is 2.23. The van der Waals surface area contributed by atoms with E-state index in [0.717, 1.165) is 6.54 Å². The quantitative estimate of drug-likeness (QED) is 0.558. The Bertz CT molecular complexity index is 191. The summed E-state index contributed by atoms with van der Waals surface area (Å²) in [4.78, 5) is 11.9. The number of hydrogen-bond acceptors (Lipinski definition) is 3. The molecule has 0 aromatic heterocycles. The van der Waals surface area contributed by atoms with Crippen molar-refractivity contribution in [2.45, 2.75) is 0 Å². The normalized spacial score (nSPS) is 16.2. The van der Waals surface area contributed by atoms with E-state index in [4.69, 9.17) is 22.1 Å². The van der Waals surface area contributed by atoms with E-state index in [2.05, 4.69) is 5.32 Å². The van der Waals surface area contributed by atoms with Gasteiger partial charge in [0.1, 0.15) is 13.3 Å². The van der Waals surface area contributed by atoms with Crippen LogP contribution >= 0.6 is 12.2 Å². The van der Waals surface area contributed by atoms with Crippen LogP contribution in [-0.4, -0.2) is 47.5 Å². The largest absolute Gasteiger partial charge is 0.480 e. The summed E-state index contributed by atoms with van der Waals surface area (Å²) in [5.74, 6) is -0.919. The fraction of sp³-hybridized carbons (Fsp3) is 0.667.